The number of nitrogens with one attached hydrogen (secondary N) is 1. The van der Waals surface area contributed by atoms with Gasteiger partial charge in [0.15, 0.2) is 5.12 Å². The van der Waals surface area contributed by atoms with Crippen LogP contribution in [0.4, 0.5) is 0 Å². The lowest BCUT2D eigenvalue weighted by atomic mass is 10.0. The molecule has 2 amide bonds. The summed E-state index contributed by atoms with van der Waals surface area (Å²) in [5.74, 6) is -1.35. The number of likely N-dealkylation sites (tertiary alicyclic amines) is 1. The van der Waals surface area contributed by atoms with E-state index in [-0.39, 0.29) is 17.4 Å². The van der Waals surface area contributed by atoms with Crippen molar-refractivity contribution in [3.63, 3.8) is 0 Å². The normalized spacial score (nSPS) is 18.2. The fraction of sp³-hybridized carbons (Fsp3) is 0.360. The van der Waals surface area contributed by atoms with Crippen LogP contribution in [0, 0.1) is 0 Å². The van der Waals surface area contributed by atoms with Gasteiger partial charge in [0.2, 0.25) is 11.8 Å². The molecule has 8 nitrogen and oxygen atoms in total. The zero-order valence-corrected chi connectivity index (χ0v) is 19.9. The van der Waals surface area contributed by atoms with Gasteiger partial charge in [-0.3, -0.25) is 14.4 Å². The standard InChI is InChI=1S/C25H28N2O6S/c1-16(28)34-22(13-17-7-4-3-5-8-17)24(31)26-15-23(30)27-20(11-12-21(27)25(32)33-2)18-9-6-10-19(29)14-18/h3-10,14,20-22,29H,11-13,15H2,1-2H3,(H,26,31). The van der Waals surface area contributed by atoms with Crippen molar-refractivity contribution < 1.29 is 29.0 Å². The number of phenolic OH excluding ortho intramolecular Hbond substituents is 1. The topological polar surface area (TPSA) is 113 Å². The van der Waals surface area contributed by atoms with Crippen molar-refractivity contribution in [2.24, 2.45) is 0 Å². The van der Waals surface area contributed by atoms with E-state index in [2.05, 4.69) is 5.32 Å². The molecule has 0 saturated carbocycles. The summed E-state index contributed by atoms with van der Waals surface area (Å²) in [4.78, 5) is 51.6. The molecule has 0 aliphatic carbocycles. The Morgan fingerprint density at radius 3 is 2.50 bits per heavy atom. The Morgan fingerprint density at radius 2 is 1.85 bits per heavy atom. The Morgan fingerprint density at radius 1 is 1.12 bits per heavy atom. The smallest absolute Gasteiger partial charge is 0.328 e. The average Bonchev–Trinajstić information content (AvgIpc) is 3.27. The van der Waals surface area contributed by atoms with Crippen molar-refractivity contribution in [2.45, 2.75) is 43.5 Å². The van der Waals surface area contributed by atoms with Gasteiger partial charge in [-0.25, -0.2) is 4.79 Å². The van der Waals surface area contributed by atoms with Crippen LogP contribution < -0.4 is 5.32 Å². The number of benzene rings is 2. The van der Waals surface area contributed by atoms with E-state index in [0.29, 0.717) is 24.8 Å². The molecule has 0 spiro atoms. The Labute approximate surface area is 202 Å². The first-order valence-electron chi connectivity index (χ1n) is 11.0. The Kier molecular flexibility index (Phi) is 8.70. The molecule has 3 atom stereocenters. The predicted octanol–water partition coefficient (Wildman–Crippen LogP) is 2.60. The molecule has 34 heavy (non-hydrogen) atoms. The van der Waals surface area contributed by atoms with Crippen LogP contribution in [-0.4, -0.2) is 57.9 Å². The molecule has 1 heterocycles. The highest BCUT2D eigenvalue weighted by atomic mass is 32.2. The van der Waals surface area contributed by atoms with Crippen molar-refractivity contribution in [2.75, 3.05) is 13.7 Å². The minimum absolute atomic E-state index is 0.0599. The molecule has 0 aromatic heterocycles. The maximum absolute atomic E-state index is 13.2. The molecule has 2 aromatic carbocycles. The molecule has 1 fully saturated rings. The first-order chi connectivity index (χ1) is 16.3. The molecular formula is C25H28N2O6S. The van der Waals surface area contributed by atoms with Crippen LogP contribution in [-0.2, 0) is 30.3 Å². The second-order valence-electron chi connectivity index (χ2n) is 8.03. The van der Waals surface area contributed by atoms with Crippen LogP contribution in [0.5, 0.6) is 5.75 Å². The number of rotatable bonds is 8. The number of hydrogen-bond donors (Lipinski definition) is 2. The maximum atomic E-state index is 13.2. The molecule has 0 bridgehead atoms. The third-order valence-corrected chi connectivity index (χ3v) is 6.68. The Bertz CT molecular complexity index is 1040. The quantitative estimate of drug-likeness (QED) is 0.554. The maximum Gasteiger partial charge on any atom is 0.328 e. The predicted molar refractivity (Wildman–Crippen MR) is 128 cm³/mol. The number of amides is 2. The summed E-state index contributed by atoms with van der Waals surface area (Å²) in [6.07, 6.45) is 1.26. The number of methoxy groups -OCH3 is 1. The van der Waals surface area contributed by atoms with E-state index in [1.807, 2.05) is 30.3 Å². The van der Waals surface area contributed by atoms with Gasteiger partial charge in [-0.2, -0.15) is 0 Å². The first-order valence-corrected chi connectivity index (χ1v) is 11.8. The summed E-state index contributed by atoms with van der Waals surface area (Å²) >= 11 is 0.917. The molecule has 2 N–H and O–H groups in total. The van der Waals surface area contributed by atoms with E-state index >= 15 is 0 Å². The Hall–Kier alpha value is -3.33. The molecular weight excluding hydrogens is 456 g/mol. The second-order valence-corrected chi connectivity index (χ2v) is 9.41. The van der Waals surface area contributed by atoms with Crippen LogP contribution in [0.25, 0.3) is 0 Å². The lowest BCUT2D eigenvalue weighted by Crippen LogP contribution is -2.48. The van der Waals surface area contributed by atoms with Gasteiger partial charge in [0, 0.05) is 6.92 Å². The van der Waals surface area contributed by atoms with Gasteiger partial charge in [-0.05, 0) is 42.5 Å². The molecule has 1 aliphatic rings. The van der Waals surface area contributed by atoms with E-state index in [1.165, 1.54) is 25.0 Å². The minimum Gasteiger partial charge on any atom is -0.508 e. The molecule has 180 valence electrons. The average molecular weight is 485 g/mol. The highest BCUT2D eigenvalue weighted by molar-refractivity contribution is 8.14. The lowest BCUT2D eigenvalue weighted by molar-refractivity contribution is -0.152. The van der Waals surface area contributed by atoms with E-state index < -0.39 is 35.1 Å². The molecule has 1 saturated heterocycles. The minimum atomic E-state index is -0.784. The molecule has 3 unspecified atom stereocenters. The van der Waals surface area contributed by atoms with Crippen LogP contribution in [0.3, 0.4) is 0 Å². The molecule has 9 heteroatoms. The van der Waals surface area contributed by atoms with Gasteiger partial charge in [0.05, 0.1) is 24.9 Å². The third kappa shape index (κ3) is 6.38. The summed E-state index contributed by atoms with van der Waals surface area (Å²) in [6, 6.07) is 14.6. The number of aromatic hydroxyl groups is 1. The third-order valence-electron chi connectivity index (χ3n) is 5.68. The van der Waals surface area contributed by atoms with E-state index in [9.17, 15) is 24.3 Å². The zero-order chi connectivity index (χ0) is 24.7. The number of esters is 1. The van der Waals surface area contributed by atoms with Gasteiger partial charge in [0.1, 0.15) is 11.8 Å². The summed E-state index contributed by atoms with van der Waals surface area (Å²) in [7, 11) is 1.27. The number of carbonyl (C=O) groups is 4. The second kappa shape index (κ2) is 11.7. The molecule has 3 rings (SSSR count). The van der Waals surface area contributed by atoms with Crippen LogP contribution in [0.1, 0.15) is 36.9 Å². The van der Waals surface area contributed by atoms with E-state index in [4.69, 9.17) is 4.74 Å². The zero-order valence-electron chi connectivity index (χ0n) is 19.1. The summed E-state index contributed by atoms with van der Waals surface area (Å²) in [5.41, 5.74) is 1.59. The monoisotopic (exact) mass is 484 g/mol. The number of hydrogen-bond acceptors (Lipinski definition) is 7. The van der Waals surface area contributed by atoms with Crippen molar-refractivity contribution in [1.82, 2.24) is 10.2 Å². The largest absolute Gasteiger partial charge is 0.508 e. The van der Waals surface area contributed by atoms with Gasteiger partial charge >= 0.3 is 5.97 Å². The highest BCUT2D eigenvalue weighted by Gasteiger charge is 2.42. The summed E-state index contributed by atoms with van der Waals surface area (Å²) in [6.45, 7) is 1.07. The fourth-order valence-electron chi connectivity index (χ4n) is 4.17. The number of nitrogens with zero attached hydrogens (tertiary/aromatic N) is 1. The van der Waals surface area contributed by atoms with Crippen LogP contribution >= 0.6 is 11.8 Å². The molecule has 1 aliphatic heterocycles. The molecule has 0 radical (unpaired) electrons. The molecule has 2 aromatic rings. The number of carbonyl (C=O) groups excluding carboxylic acids is 4. The van der Waals surface area contributed by atoms with E-state index in [0.717, 1.165) is 17.3 Å². The van der Waals surface area contributed by atoms with E-state index in [1.54, 1.807) is 18.2 Å². The van der Waals surface area contributed by atoms with Gasteiger partial charge < -0.3 is 20.1 Å². The fourth-order valence-corrected chi connectivity index (χ4v) is 5.04. The first kappa shape index (κ1) is 25.3. The van der Waals surface area contributed by atoms with Crippen molar-refractivity contribution >= 4 is 34.7 Å². The summed E-state index contributed by atoms with van der Waals surface area (Å²) in [5, 5.41) is 11.6. The van der Waals surface area contributed by atoms with Gasteiger partial charge in [-0.1, -0.05) is 54.2 Å². The summed E-state index contributed by atoms with van der Waals surface area (Å²) < 4.78 is 4.89. The van der Waals surface area contributed by atoms with Crippen molar-refractivity contribution in [1.29, 1.82) is 0 Å². The Balaban J connectivity index is 1.73. The number of phenols is 1. The van der Waals surface area contributed by atoms with Gasteiger partial charge in [-0.15, -0.1) is 0 Å². The van der Waals surface area contributed by atoms with Gasteiger partial charge in [0.25, 0.3) is 0 Å². The van der Waals surface area contributed by atoms with Crippen molar-refractivity contribution in [3.05, 3.63) is 65.7 Å². The SMILES string of the molecule is COC(=O)C1CCC(c2cccc(O)c2)N1C(=O)CNC(=O)C(Cc1ccccc1)SC(C)=O. The van der Waals surface area contributed by atoms with Crippen LogP contribution in [0.15, 0.2) is 54.6 Å². The number of thioether (sulfide) groups is 1. The number of ether oxygens (including phenoxy) is 1. The lowest BCUT2D eigenvalue weighted by Gasteiger charge is -2.29. The van der Waals surface area contributed by atoms with Crippen molar-refractivity contribution in [3.8, 4) is 5.75 Å². The van der Waals surface area contributed by atoms with Crippen LogP contribution in [0.2, 0.25) is 0 Å². The highest BCUT2D eigenvalue weighted by Crippen LogP contribution is 2.37.